The number of rotatable bonds is 7. The van der Waals surface area contributed by atoms with Crippen LogP contribution in [0.2, 0.25) is 0 Å². The van der Waals surface area contributed by atoms with Crippen LogP contribution in [0.15, 0.2) is 47.3 Å². The highest BCUT2D eigenvalue weighted by molar-refractivity contribution is 5.98. The highest BCUT2D eigenvalue weighted by atomic mass is 16.5. The molecule has 0 unspecified atom stereocenters. The molecule has 1 aromatic heterocycles. The second-order valence-electron chi connectivity index (χ2n) is 6.94. The summed E-state index contributed by atoms with van der Waals surface area (Å²) in [6.07, 6.45) is -1.01. The van der Waals surface area contributed by atoms with Crippen LogP contribution < -0.4 is 15.6 Å². The summed E-state index contributed by atoms with van der Waals surface area (Å²) >= 11 is 0. The number of aryl methyl sites for hydroxylation is 2. The summed E-state index contributed by atoms with van der Waals surface area (Å²) in [5.74, 6) is -0.398. The summed E-state index contributed by atoms with van der Waals surface area (Å²) in [6.45, 7) is 7.94. The van der Waals surface area contributed by atoms with Crippen molar-refractivity contribution in [3.8, 4) is 5.75 Å². The average molecular weight is 423 g/mol. The Labute approximate surface area is 179 Å². The number of amides is 1. The molecule has 8 nitrogen and oxygen atoms in total. The van der Waals surface area contributed by atoms with Crippen LogP contribution in [0.4, 0.5) is 5.69 Å². The standard InChI is InChI=1S/C23H25N3O5/c1-5-26-20-12-7-16(13-19(20)24-14(3)22(26)28)23(29)31-15(4)21(27)25-17-8-10-18(11-9-17)30-6-2/h7-13,15H,5-6H2,1-4H3,(H,25,27)/t15-/m1/s1. The van der Waals surface area contributed by atoms with Crippen LogP contribution in [0.3, 0.4) is 0 Å². The monoisotopic (exact) mass is 423 g/mol. The molecule has 0 fully saturated rings. The number of anilines is 1. The third-order valence-electron chi connectivity index (χ3n) is 4.75. The number of benzene rings is 2. The average Bonchev–Trinajstić information content (AvgIpc) is 2.75. The zero-order valence-corrected chi connectivity index (χ0v) is 18.0. The first-order valence-corrected chi connectivity index (χ1v) is 10.1. The molecule has 3 aromatic rings. The van der Waals surface area contributed by atoms with E-state index in [0.717, 1.165) is 0 Å². The molecule has 0 aliphatic rings. The van der Waals surface area contributed by atoms with Crippen molar-refractivity contribution in [3.63, 3.8) is 0 Å². The topological polar surface area (TPSA) is 99.5 Å². The van der Waals surface area contributed by atoms with Gasteiger partial charge >= 0.3 is 5.97 Å². The number of carbonyl (C=O) groups excluding carboxylic acids is 2. The molecule has 0 bridgehead atoms. The van der Waals surface area contributed by atoms with Gasteiger partial charge in [-0.1, -0.05) is 0 Å². The van der Waals surface area contributed by atoms with Crippen molar-refractivity contribution in [1.29, 1.82) is 0 Å². The number of esters is 1. The summed E-state index contributed by atoms with van der Waals surface area (Å²) in [6, 6.07) is 11.7. The lowest BCUT2D eigenvalue weighted by molar-refractivity contribution is -0.123. The van der Waals surface area contributed by atoms with Crippen LogP contribution >= 0.6 is 0 Å². The molecule has 1 amide bonds. The Morgan fingerprint density at radius 3 is 2.48 bits per heavy atom. The molecule has 0 aliphatic heterocycles. The number of fused-ring (bicyclic) bond motifs is 1. The van der Waals surface area contributed by atoms with Crippen LogP contribution in [0.1, 0.15) is 36.8 Å². The number of hydrogen-bond donors (Lipinski definition) is 1. The minimum absolute atomic E-state index is 0.162. The zero-order valence-electron chi connectivity index (χ0n) is 18.0. The van der Waals surface area contributed by atoms with E-state index in [1.807, 2.05) is 13.8 Å². The molecule has 3 rings (SSSR count). The number of hydrogen-bond acceptors (Lipinski definition) is 6. The Morgan fingerprint density at radius 2 is 1.84 bits per heavy atom. The maximum atomic E-state index is 12.6. The summed E-state index contributed by atoms with van der Waals surface area (Å²) in [7, 11) is 0. The van der Waals surface area contributed by atoms with Gasteiger partial charge in [-0.05, 0) is 70.2 Å². The molecular formula is C23H25N3O5. The predicted molar refractivity (Wildman–Crippen MR) is 118 cm³/mol. The van der Waals surface area contributed by atoms with Gasteiger partial charge in [-0.15, -0.1) is 0 Å². The van der Waals surface area contributed by atoms with Crippen LogP contribution in [-0.2, 0) is 16.1 Å². The minimum atomic E-state index is -1.01. The molecule has 2 aromatic carbocycles. The van der Waals surface area contributed by atoms with Crippen molar-refractivity contribution in [2.75, 3.05) is 11.9 Å². The van der Waals surface area contributed by atoms with Crippen LogP contribution in [0.5, 0.6) is 5.75 Å². The van der Waals surface area contributed by atoms with E-state index >= 15 is 0 Å². The normalized spacial score (nSPS) is 11.7. The van der Waals surface area contributed by atoms with Gasteiger partial charge in [0.05, 0.1) is 23.2 Å². The lowest BCUT2D eigenvalue weighted by Crippen LogP contribution is -2.30. The third kappa shape index (κ3) is 4.91. The molecule has 8 heteroatoms. The van der Waals surface area contributed by atoms with Gasteiger partial charge in [-0.2, -0.15) is 0 Å². The van der Waals surface area contributed by atoms with Gasteiger partial charge in [0.2, 0.25) is 0 Å². The lowest BCUT2D eigenvalue weighted by atomic mass is 10.2. The quantitative estimate of drug-likeness (QED) is 0.586. The van der Waals surface area contributed by atoms with Crippen molar-refractivity contribution in [3.05, 3.63) is 64.1 Å². The van der Waals surface area contributed by atoms with E-state index in [0.29, 0.717) is 41.3 Å². The Kier molecular flexibility index (Phi) is 6.69. The fourth-order valence-electron chi connectivity index (χ4n) is 3.14. The molecule has 1 heterocycles. The Bertz CT molecular complexity index is 1170. The van der Waals surface area contributed by atoms with Crippen molar-refractivity contribution < 1.29 is 19.1 Å². The number of nitrogens with one attached hydrogen (secondary N) is 1. The molecule has 31 heavy (non-hydrogen) atoms. The summed E-state index contributed by atoms with van der Waals surface area (Å²) < 4.78 is 12.3. The maximum absolute atomic E-state index is 12.6. The highest BCUT2D eigenvalue weighted by Crippen LogP contribution is 2.17. The summed E-state index contributed by atoms with van der Waals surface area (Å²) in [5, 5.41) is 2.70. The van der Waals surface area contributed by atoms with Gasteiger partial charge in [-0.25, -0.2) is 9.78 Å². The molecule has 0 saturated carbocycles. The van der Waals surface area contributed by atoms with E-state index in [1.54, 1.807) is 54.0 Å². The SMILES string of the molecule is CCOc1ccc(NC(=O)[C@@H](C)OC(=O)c2ccc3c(c2)nc(C)c(=O)n3CC)cc1. The first kappa shape index (κ1) is 22.0. The second-order valence-corrected chi connectivity index (χ2v) is 6.94. The van der Waals surface area contributed by atoms with E-state index in [-0.39, 0.29) is 11.1 Å². The molecule has 0 saturated heterocycles. The van der Waals surface area contributed by atoms with Crippen molar-refractivity contribution in [1.82, 2.24) is 9.55 Å². The molecule has 0 spiro atoms. The highest BCUT2D eigenvalue weighted by Gasteiger charge is 2.20. The fraction of sp³-hybridized carbons (Fsp3) is 0.304. The maximum Gasteiger partial charge on any atom is 0.338 e. The first-order chi connectivity index (χ1) is 14.8. The number of aromatic nitrogens is 2. The molecule has 1 atom stereocenters. The molecule has 0 aliphatic carbocycles. The van der Waals surface area contributed by atoms with E-state index in [2.05, 4.69) is 10.3 Å². The van der Waals surface area contributed by atoms with E-state index in [1.165, 1.54) is 6.92 Å². The van der Waals surface area contributed by atoms with Gasteiger partial charge < -0.3 is 19.4 Å². The van der Waals surface area contributed by atoms with Gasteiger partial charge in [0, 0.05) is 12.2 Å². The lowest BCUT2D eigenvalue weighted by Gasteiger charge is -2.14. The second kappa shape index (κ2) is 9.42. The zero-order chi connectivity index (χ0) is 22.5. The number of ether oxygens (including phenoxy) is 2. The van der Waals surface area contributed by atoms with E-state index in [4.69, 9.17) is 9.47 Å². The van der Waals surface area contributed by atoms with E-state index < -0.39 is 18.0 Å². The molecule has 1 N–H and O–H groups in total. The van der Waals surface area contributed by atoms with Crippen molar-refractivity contribution in [2.24, 2.45) is 0 Å². The van der Waals surface area contributed by atoms with Crippen LogP contribution in [0, 0.1) is 6.92 Å². The van der Waals surface area contributed by atoms with Crippen molar-refractivity contribution in [2.45, 2.75) is 40.3 Å². The molecule has 0 radical (unpaired) electrons. The number of carbonyl (C=O) groups is 2. The minimum Gasteiger partial charge on any atom is -0.494 e. The van der Waals surface area contributed by atoms with Crippen molar-refractivity contribution >= 4 is 28.6 Å². The Hall–Kier alpha value is -3.68. The largest absolute Gasteiger partial charge is 0.494 e. The van der Waals surface area contributed by atoms with Crippen LogP contribution in [0.25, 0.3) is 11.0 Å². The van der Waals surface area contributed by atoms with Gasteiger partial charge in [-0.3, -0.25) is 9.59 Å². The Morgan fingerprint density at radius 1 is 1.13 bits per heavy atom. The number of nitrogens with zero attached hydrogens (tertiary/aromatic N) is 2. The Balaban J connectivity index is 1.71. The van der Waals surface area contributed by atoms with Gasteiger partial charge in [0.15, 0.2) is 6.10 Å². The first-order valence-electron chi connectivity index (χ1n) is 10.1. The van der Waals surface area contributed by atoms with Crippen LogP contribution in [-0.4, -0.2) is 34.1 Å². The third-order valence-corrected chi connectivity index (χ3v) is 4.75. The molecular weight excluding hydrogens is 398 g/mol. The molecule has 162 valence electrons. The smallest absolute Gasteiger partial charge is 0.338 e. The van der Waals surface area contributed by atoms with Gasteiger partial charge in [0.1, 0.15) is 11.4 Å². The summed E-state index contributed by atoms with van der Waals surface area (Å²) in [4.78, 5) is 41.5. The predicted octanol–water partition coefficient (Wildman–Crippen LogP) is 3.31. The van der Waals surface area contributed by atoms with E-state index in [9.17, 15) is 14.4 Å². The van der Waals surface area contributed by atoms with Gasteiger partial charge in [0.25, 0.3) is 11.5 Å². The summed E-state index contributed by atoms with van der Waals surface area (Å²) in [5.41, 5.74) is 2.16. The fourth-order valence-corrected chi connectivity index (χ4v) is 3.14.